The molecule has 1 aliphatic rings. The van der Waals surface area contributed by atoms with Gasteiger partial charge in [-0.3, -0.25) is 20.4 Å². The molecule has 1 atom stereocenters. The van der Waals surface area contributed by atoms with Gasteiger partial charge in [0.15, 0.2) is 11.7 Å². The molecule has 1 saturated heterocycles. The highest BCUT2D eigenvalue weighted by molar-refractivity contribution is 7.89. The molecule has 188 valence electrons. The van der Waals surface area contributed by atoms with E-state index in [2.05, 4.69) is 10.4 Å². The Morgan fingerprint density at radius 1 is 1.14 bits per heavy atom. The normalized spacial score (nSPS) is 15.7. The van der Waals surface area contributed by atoms with E-state index >= 15 is 0 Å². The van der Waals surface area contributed by atoms with Gasteiger partial charge in [0.25, 0.3) is 10.0 Å². The van der Waals surface area contributed by atoms with Crippen molar-refractivity contribution in [3.63, 3.8) is 0 Å². The molecule has 0 radical (unpaired) electrons. The van der Waals surface area contributed by atoms with E-state index < -0.39 is 27.8 Å². The van der Waals surface area contributed by atoms with Gasteiger partial charge in [0, 0.05) is 25.4 Å². The third-order valence-corrected chi connectivity index (χ3v) is 7.55. The Morgan fingerprint density at radius 3 is 2.40 bits per heavy atom. The number of carbonyl (C=O) groups is 2. The van der Waals surface area contributed by atoms with Crippen molar-refractivity contribution in [3.8, 4) is 0 Å². The summed E-state index contributed by atoms with van der Waals surface area (Å²) in [6.45, 7) is 3.92. The number of rotatable bonds is 7. The molecule has 1 unspecified atom stereocenters. The first-order valence-electron chi connectivity index (χ1n) is 11.4. The molecule has 2 amide bonds. The Kier molecular flexibility index (Phi) is 8.07. The number of nitrogens with two attached hydrogens (primary N) is 2. The minimum atomic E-state index is -4.50. The van der Waals surface area contributed by atoms with Crippen LogP contribution >= 0.6 is 0 Å². The molecular formula is C23H31N7O4S. The predicted octanol–water partition coefficient (Wildman–Crippen LogP) is 1.60. The summed E-state index contributed by atoms with van der Waals surface area (Å²) in [5.74, 6) is -1.90. The fourth-order valence-corrected chi connectivity index (χ4v) is 5.75. The van der Waals surface area contributed by atoms with Crippen molar-refractivity contribution in [1.29, 1.82) is 5.41 Å². The van der Waals surface area contributed by atoms with Crippen molar-refractivity contribution in [2.24, 2.45) is 16.5 Å². The number of amides is 2. The summed E-state index contributed by atoms with van der Waals surface area (Å²) in [5.41, 5.74) is 13.6. The quantitative estimate of drug-likeness (QED) is 0.254. The molecule has 1 heterocycles. The number of hydrazine groups is 1. The maximum absolute atomic E-state index is 14.0. The van der Waals surface area contributed by atoms with E-state index in [1.54, 1.807) is 42.2 Å². The van der Waals surface area contributed by atoms with Gasteiger partial charge in [-0.25, -0.2) is 13.4 Å². The summed E-state index contributed by atoms with van der Waals surface area (Å²) >= 11 is 0. The summed E-state index contributed by atoms with van der Waals surface area (Å²) < 4.78 is 28.8. The Balaban J connectivity index is 2.20. The maximum Gasteiger partial charge on any atom is 0.262 e. The zero-order chi connectivity index (χ0) is 25.8. The third-order valence-electron chi connectivity index (χ3n) is 5.80. The van der Waals surface area contributed by atoms with Gasteiger partial charge < -0.3 is 16.4 Å². The molecule has 0 saturated carbocycles. The molecule has 2 aromatic rings. The molecule has 1 fully saturated rings. The van der Waals surface area contributed by atoms with E-state index in [0.29, 0.717) is 23.9 Å². The summed E-state index contributed by atoms with van der Waals surface area (Å²) in [7, 11) is -4.50. The van der Waals surface area contributed by atoms with Crippen LogP contribution in [0, 0.1) is 5.41 Å². The maximum atomic E-state index is 14.0. The van der Waals surface area contributed by atoms with Gasteiger partial charge in [0.2, 0.25) is 11.8 Å². The fraction of sp³-hybridized carbons (Fsp3) is 0.391. The highest BCUT2D eigenvalue weighted by Crippen LogP contribution is 2.35. The summed E-state index contributed by atoms with van der Waals surface area (Å²) in [4.78, 5) is 31.0. The lowest BCUT2D eigenvalue weighted by Crippen LogP contribution is -2.57. The molecule has 6 N–H and O–H groups in total. The average Bonchev–Trinajstić information content (AvgIpc) is 2.84. The van der Waals surface area contributed by atoms with Crippen LogP contribution in [-0.4, -0.2) is 60.3 Å². The number of benzene rings is 2. The van der Waals surface area contributed by atoms with E-state index in [1.807, 2.05) is 0 Å². The van der Waals surface area contributed by atoms with Crippen LogP contribution in [0.5, 0.6) is 0 Å². The minimum Gasteiger partial charge on any atom is -0.381 e. The average molecular weight is 502 g/mol. The van der Waals surface area contributed by atoms with Crippen molar-refractivity contribution in [2.45, 2.75) is 50.5 Å². The molecule has 0 aromatic heterocycles. The van der Waals surface area contributed by atoms with Crippen LogP contribution in [0.3, 0.4) is 0 Å². The molecule has 11 nitrogen and oxygen atoms in total. The summed E-state index contributed by atoms with van der Waals surface area (Å²) in [6, 6.07) is 8.72. The Hall–Kier alpha value is -3.51. The number of likely N-dealkylation sites (tertiary alicyclic amines) is 1. The van der Waals surface area contributed by atoms with Gasteiger partial charge in [-0.1, -0.05) is 41.7 Å². The number of aliphatic imine (C=N–C) groups is 1. The molecule has 1 aliphatic heterocycles. The second-order valence-electron chi connectivity index (χ2n) is 8.32. The zero-order valence-corrected chi connectivity index (χ0v) is 20.6. The van der Waals surface area contributed by atoms with E-state index in [0.717, 1.165) is 23.7 Å². The zero-order valence-electron chi connectivity index (χ0n) is 19.8. The summed E-state index contributed by atoms with van der Waals surface area (Å²) in [6.07, 6.45) is 2.81. The van der Waals surface area contributed by atoms with Crippen LogP contribution in [0.1, 0.15) is 39.5 Å². The van der Waals surface area contributed by atoms with E-state index in [9.17, 15) is 18.0 Å². The molecule has 12 heteroatoms. The molecule has 2 aromatic carbocycles. The lowest BCUT2D eigenvalue weighted by molar-refractivity contribution is -0.138. The summed E-state index contributed by atoms with van der Waals surface area (Å²) in [5, 5.41) is 8.72. The molecule has 3 rings (SSSR count). The minimum absolute atomic E-state index is 0.0357. The predicted molar refractivity (Wildman–Crippen MR) is 134 cm³/mol. The van der Waals surface area contributed by atoms with Crippen LogP contribution in [0.25, 0.3) is 10.8 Å². The lowest BCUT2D eigenvalue weighted by Gasteiger charge is -2.35. The van der Waals surface area contributed by atoms with E-state index in [-0.39, 0.29) is 28.7 Å². The van der Waals surface area contributed by atoms with Crippen molar-refractivity contribution >= 4 is 50.0 Å². The number of hydrogen-bond donors (Lipinski definition) is 4. The van der Waals surface area contributed by atoms with E-state index in [4.69, 9.17) is 16.9 Å². The standard InChI is InChI=1S/C23H31N7O4S/c1-3-18(23(32)29-13-7-4-8-14-29)30(28-15(2)31)35(33,34)19-12-11-16-9-5-6-10-17(16)20(19)27-22(26)21(24)25/h5-6,9-12,18H,3-4,7-8,13-14H2,1-2H3,(H3,24,25)(H2,26,27)(H,28,31). The van der Waals surface area contributed by atoms with Crippen LogP contribution in [0.15, 0.2) is 46.3 Å². The van der Waals surface area contributed by atoms with Crippen molar-refractivity contribution in [3.05, 3.63) is 36.4 Å². The van der Waals surface area contributed by atoms with Gasteiger partial charge in [-0.15, -0.1) is 0 Å². The molecule has 0 spiro atoms. The van der Waals surface area contributed by atoms with Gasteiger partial charge in [-0.2, -0.15) is 0 Å². The van der Waals surface area contributed by atoms with Gasteiger partial charge in [0.1, 0.15) is 10.9 Å². The second kappa shape index (κ2) is 10.8. The molecule has 0 aliphatic carbocycles. The molecule has 0 bridgehead atoms. The number of carbonyl (C=O) groups excluding carboxylic acids is 2. The number of nitrogens with zero attached hydrogens (tertiary/aromatic N) is 3. The lowest BCUT2D eigenvalue weighted by atomic mass is 10.1. The Morgan fingerprint density at radius 2 is 1.80 bits per heavy atom. The smallest absolute Gasteiger partial charge is 0.262 e. The largest absolute Gasteiger partial charge is 0.381 e. The van der Waals surface area contributed by atoms with Crippen LogP contribution < -0.4 is 16.9 Å². The SMILES string of the molecule is CCC(C(=O)N1CCCCC1)N(NC(C)=O)S(=O)(=O)c1ccc2ccccc2c1N=C(N)C(=N)N. The monoisotopic (exact) mass is 501 g/mol. The highest BCUT2D eigenvalue weighted by Gasteiger charge is 2.39. The van der Waals surface area contributed by atoms with E-state index in [1.165, 1.54) is 13.0 Å². The van der Waals surface area contributed by atoms with Crippen LogP contribution in [-0.2, 0) is 19.6 Å². The van der Waals surface area contributed by atoms with Crippen LogP contribution in [0.2, 0.25) is 0 Å². The number of piperidine rings is 1. The highest BCUT2D eigenvalue weighted by atomic mass is 32.2. The second-order valence-corrected chi connectivity index (χ2v) is 10.1. The number of sulfonamides is 1. The number of hydrogen-bond acceptors (Lipinski definition) is 6. The first kappa shape index (κ1) is 26.1. The third kappa shape index (κ3) is 5.60. The number of amidine groups is 2. The van der Waals surface area contributed by atoms with Gasteiger partial charge >= 0.3 is 0 Å². The topological polar surface area (TPSA) is 175 Å². The molecular weight excluding hydrogens is 470 g/mol. The van der Waals surface area contributed by atoms with Crippen molar-refractivity contribution in [2.75, 3.05) is 13.1 Å². The first-order chi connectivity index (χ1) is 16.6. The number of fused-ring (bicyclic) bond motifs is 1. The number of nitrogens with one attached hydrogen (secondary N) is 2. The van der Waals surface area contributed by atoms with Crippen molar-refractivity contribution < 1.29 is 18.0 Å². The Labute approximate surface area is 204 Å². The fourth-order valence-electron chi connectivity index (χ4n) is 4.07. The van der Waals surface area contributed by atoms with Crippen LogP contribution in [0.4, 0.5) is 5.69 Å². The first-order valence-corrected chi connectivity index (χ1v) is 12.8. The van der Waals surface area contributed by atoms with Gasteiger partial charge in [0.05, 0.1) is 5.69 Å². The van der Waals surface area contributed by atoms with Crippen molar-refractivity contribution in [1.82, 2.24) is 14.7 Å². The Bertz CT molecular complexity index is 1270. The van der Waals surface area contributed by atoms with Gasteiger partial charge in [-0.05, 0) is 37.1 Å². The molecule has 35 heavy (non-hydrogen) atoms.